The average molecular weight is 1370 g/mol. The minimum absolute atomic E-state index is 0.00913. The van der Waals surface area contributed by atoms with E-state index in [1.807, 2.05) is 86.6 Å². The Morgan fingerprint density at radius 2 is 0.810 bits per heavy atom. The number of phenols is 2. The van der Waals surface area contributed by atoms with Gasteiger partial charge in [0.15, 0.2) is 34.4 Å². The summed E-state index contributed by atoms with van der Waals surface area (Å²) in [6.07, 6.45) is 0. The highest BCUT2D eigenvalue weighted by atomic mass is 16.6. The van der Waals surface area contributed by atoms with E-state index in [9.17, 15) is 54.9 Å². The standard InChI is InChI=1S/C26H23N3O7.C26H22N2O7.C18H15N3O8/c1-17-13-22(34-16-18-5-3-2-4-6-18)25(24-15-21(28-36-24)26(31)27-11-12-30)23(14-17)35-20-9-7-19(8-10-20)29(32)33;1-3-32-26(29)21-15-24(35-27-21)25-22(33-16-18-7-5-4-6-8-18)13-17(2)14-23(25)34-20-11-9-19(10-12-20)28(30)31;22-6-5-19-18(25)13-9-16(29-20-13)17-14(24)7-11(23)8-15(17)28-12-3-1-10(2-4-12)21(26)27/h2-10,13-15,30H,11-12,16H2,1H3,(H,27,31);4-15H,3,16H2,1-2H3;1-4,7-9,22-24H,5-6H2,(H,19,25). The number of amides is 2. The Hall–Kier alpha value is -13.5. The number of aliphatic hydroxyl groups is 2. The van der Waals surface area contributed by atoms with Crippen LogP contribution >= 0.6 is 0 Å². The summed E-state index contributed by atoms with van der Waals surface area (Å²) < 4.78 is 51.2. The van der Waals surface area contributed by atoms with E-state index in [-0.39, 0.29) is 120 Å². The number of ether oxygens (including phenoxy) is 6. The van der Waals surface area contributed by atoms with E-state index in [1.54, 1.807) is 19.1 Å². The number of carbonyl (C=O) groups excluding carboxylic acids is 3. The van der Waals surface area contributed by atoms with Crippen LogP contribution in [0.15, 0.2) is 202 Å². The van der Waals surface area contributed by atoms with E-state index in [0.29, 0.717) is 45.6 Å². The lowest BCUT2D eigenvalue weighted by atomic mass is 10.1. The second-order valence-electron chi connectivity index (χ2n) is 21.1. The topological polar surface area (TPSA) is 419 Å². The highest BCUT2D eigenvalue weighted by Crippen LogP contribution is 2.46. The molecule has 11 aromatic rings. The number of nitrogens with one attached hydrogen (secondary N) is 2. The Morgan fingerprint density at radius 1 is 0.460 bits per heavy atom. The van der Waals surface area contributed by atoms with Crippen LogP contribution in [-0.2, 0) is 18.0 Å². The lowest BCUT2D eigenvalue weighted by molar-refractivity contribution is -0.385. The van der Waals surface area contributed by atoms with Crippen molar-refractivity contribution in [2.75, 3.05) is 32.9 Å². The second-order valence-corrected chi connectivity index (χ2v) is 21.1. The van der Waals surface area contributed by atoms with Crippen molar-refractivity contribution >= 4 is 34.8 Å². The van der Waals surface area contributed by atoms with Gasteiger partial charge in [0.25, 0.3) is 28.9 Å². The number of carbonyl (C=O) groups is 3. The molecule has 0 saturated heterocycles. The first-order valence-corrected chi connectivity index (χ1v) is 30.1. The molecule has 0 unspecified atom stereocenters. The number of nitro benzene ring substituents is 3. The van der Waals surface area contributed by atoms with E-state index in [0.717, 1.165) is 28.3 Å². The number of nitrogens with zero attached hydrogens (tertiary/aromatic N) is 6. The van der Waals surface area contributed by atoms with E-state index in [1.165, 1.54) is 97.1 Å². The van der Waals surface area contributed by atoms with E-state index >= 15 is 0 Å². The summed E-state index contributed by atoms with van der Waals surface area (Å²) in [6.45, 7) is 5.85. The Balaban J connectivity index is 0.000000176. The normalized spacial score (nSPS) is 10.6. The summed E-state index contributed by atoms with van der Waals surface area (Å²) in [6, 6.07) is 49.3. The Morgan fingerprint density at radius 3 is 1.18 bits per heavy atom. The van der Waals surface area contributed by atoms with Gasteiger partial charge in [0.2, 0.25) is 0 Å². The SMILES string of the molecule is CCOC(=O)c1cc(-c2c(OCc3ccccc3)cc(C)cc2Oc2ccc([N+](=O)[O-])cc2)on1.Cc1cc(OCc2ccccc2)c(-c2cc(C(=O)NCCO)no2)c(Oc2ccc([N+](=O)[O-])cc2)c1.O=C(NCCO)c1cc(-c2c(O)cc(O)cc2Oc2ccc([N+](=O)[O-])cc2)on1. The van der Waals surface area contributed by atoms with Gasteiger partial charge < -0.3 is 73.1 Å². The summed E-state index contributed by atoms with van der Waals surface area (Å²) in [4.78, 5) is 67.5. The molecule has 0 aliphatic rings. The van der Waals surface area contributed by atoms with Gasteiger partial charge in [-0.25, -0.2) is 4.79 Å². The van der Waals surface area contributed by atoms with Gasteiger partial charge in [-0.2, -0.15) is 0 Å². The maximum absolute atomic E-state index is 12.3. The minimum Gasteiger partial charge on any atom is -0.508 e. The number of rotatable bonds is 26. The maximum atomic E-state index is 12.3. The van der Waals surface area contributed by atoms with Crippen molar-refractivity contribution in [1.29, 1.82) is 0 Å². The molecule has 8 aromatic carbocycles. The van der Waals surface area contributed by atoms with Gasteiger partial charge in [0.05, 0.1) is 34.6 Å². The second kappa shape index (κ2) is 33.8. The number of benzene rings is 8. The molecule has 3 aromatic heterocycles. The molecule has 0 aliphatic heterocycles. The fourth-order valence-electron chi connectivity index (χ4n) is 9.20. The van der Waals surface area contributed by atoms with Gasteiger partial charge in [-0.1, -0.05) is 76.1 Å². The van der Waals surface area contributed by atoms with Crippen LogP contribution in [-0.4, -0.2) is 101 Å². The van der Waals surface area contributed by atoms with E-state index in [4.69, 9.17) is 52.2 Å². The molecular weight excluding hydrogens is 1300 g/mol. The van der Waals surface area contributed by atoms with Crippen molar-refractivity contribution in [3.05, 3.63) is 258 Å². The van der Waals surface area contributed by atoms with Crippen molar-refractivity contribution < 1.29 is 91.6 Å². The number of aromatic nitrogens is 3. The zero-order valence-corrected chi connectivity index (χ0v) is 53.2. The summed E-state index contributed by atoms with van der Waals surface area (Å²) in [5.41, 5.74) is 4.14. The fourth-order valence-corrected chi connectivity index (χ4v) is 9.20. The summed E-state index contributed by atoms with van der Waals surface area (Å²) in [5.74, 6) is 0.556. The predicted molar refractivity (Wildman–Crippen MR) is 354 cm³/mol. The third-order valence-electron chi connectivity index (χ3n) is 13.8. The molecule has 0 saturated carbocycles. The number of esters is 1. The largest absolute Gasteiger partial charge is 0.508 e. The molecule has 0 bridgehead atoms. The first-order valence-electron chi connectivity index (χ1n) is 30.1. The van der Waals surface area contributed by atoms with Crippen LogP contribution in [0.1, 0.15) is 60.6 Å². The van der Waals surface area contributed by atoms with Gasteiger partial charge in [-0.15, -0.1) is 0 Å². The number of phenolic OH excluding ortho intramolecular Hbond substituents is 2. The lowest BCUT2D eigenvalue weighted by Crippen LogP contribution is -2.26. The number of aromatic hydroxyl groups is 2. The number of aliphatic hydroxyl groups excluding tert-OH is 2. The van der Waals surface area contributed by atoms with Crippen molar-refractivity contribution in [1.82, 2.24) is 26.1 Å². The molecule has 0 aliphatic carbocycles. The summed E-state index contributed by atoms with van der Waals surface area (Å²) >= 11 is 0. The molecule has 3 heterocycles. The smallest absolute Gasteiger partial charge is 0.360 e. The average Bonchev–Trinajstić information content (AvgIpc) is 1.50. The van der Waals surface area contributed by atoms with Crippen molar-refractivity contribution in [2.45, 2.75) is 34.0 Å². The van der Waals surface area contributed by atoms with Crippen molar-refractivity contribution in [3.8, 4) is 91.5 Å². The number of aryl methyl sites for hydroxylation is 2. The highest BCUT2D eigenvalue weighted by Gasteiger charge is 2.27. The van der Waals surface area contributed by atoms with E-state index in [2.05, 4.69) is 26.1 Å². The number of hydrogen-bond acceptors (Lipinski definition) is 25. The first-order chi connectivity index (χ1) is 48.3. The number of non-ortho nitro benzene ring substituents is 3. The van der Waals surface area contributed by atoms with Crippen LogP contribution in [0.5, 0.6) is 57.5 Å². The van der Waals surface area contributed by atoms with Crippen LogP contribution in [0.25, 0.3) is 34.0 Å². The summed E-state index contributed by atoms with van der Waals surface area (Å²) in [5, 5.41) is 86.7. The Bertz CT molecular complexity index is 4660. The monoisotopic (exact) mass is 1360 g/mol. The van der Waals surface area contributed by atoms with Crippen molar-refractivity contribution in [2.24, 2.45) is 0 Å². The molecule has 6 N–H and O–H groups in total. The molecule has 11 rings (SSSR count). The highest BCUT2D eigenvalue weighted by molar-refractivity contribution is 5.94. The number of nitro groups is 3. The van der Waals surface area contributed by atoms with Gasteiger partial charge in [0, 0.05) is 79.8 Å². The van der Waals surface area contributed by atoms with Crippen LogP contribution in [0, 0.1) is 44.2 Å². The van der Waals surface area contributed by atoms with Gasteiger partial charge in [-0.3, -0.25) is 39.9 Å². The van der Waals surface area contributed by atoms with Crippen LogP contribution < -0.4 is 34.3 Å². The number of hydrogen-bond donors (Lipinski definition) is 6. The lowest BCUT2D eigenvalue weighted by Gasteiger charge is -2.16. The van der Waals surface area contributed by atoms with Crippen LogP contribution in [0.4, 0.5) is 17.1 Å². The molecule has 2 amide bonds. The molecule has 0 fully saturated rings. The third kappa shape index (κ3) is 18.9. The zero-order valence-electron chi connectivity index (χ0n) is 53.2. The van der Waals surface area contributed by atoms with Crippen LogP contribution in [0.2, 0.25) is 0 Å². The van der Waals surface area contributed by atoms with E-state index < -0.39 is 38.3 Å². The Kier molecular flexibility index (Phi) is 23.9. The molecule has 30 nitrogen and oxygen atoms in total. The summed E-state index contributed by atoms with van der Waals surface area (Å²) in [7, 11) is 0. The molecule has 100 heavy (non-hydrogen) atoms. The third-order valence-corrected chi connectivity index (χ3v) is 13.8. The molecule has 30 heteroatoms. The molecular formula is C70H60N8O22. The zero-order chi connectivity index (χ0) is 71.2. The molecule has 0 radical (unpaired) electrons. The van der Waals surface area contributed by atoms with Gasteiger partial charge >= 0.3 is 5.97 Å². The first kappa shape index (κ1) is 70.8. The minimum atomic E-state index is -0.612. The fraction of sp³-hybridized carbons (Fsp3) is 0.143. The molecule has 0 atom stereocenters. The maximum Gasteiger partial charge on any atom is 0.360 e. The molecule has 512 valence electrons. The van der Waals surface area contributed by atoms with Gasteiger partial charge in [-0.05, 0) is 104 Å². The van der Waals surface area contributed by atoms with Crippen molar-refractivity contribution in [3.63, 3.8) is 0 Å². The van der Waals surface area contributed by atoms with Gasteiger partial charge in [0.1, 0.15) is 87.4 Å². The van der Waals surface area contributed by atoms with Crippen LogP contribution in [0.3, 0.4) is 0 Å². The molecule has 0 spiro atoms. The predicted octanol–water partition coefficient (Wildman–Crippen LogP) is 12.9. The quantitative estimate of drug-likeness (QED) is 0.0167. The Labute approximate surface area is 566 Å².